The average Bonchev–Trinajstić information content (AvgIpc) is 2.66. The molecule has 1 aliphatic heterocycles. The number of nitrogens with one attached hydrogen (secondary N) is 1. The van der Waals surface area contributed by atoms with Crippen LogP contribution in [0.4, 0.5) is 0 Å². The first-order valence-electron chi connectivity index (χ1n) is 9.65. The molecule has 2 rings (SSSR count). The van der Waals surface area contributed by atoms with Crippen molar-refractivity contribution in [1.29, 1.82) is 0 Å². The summed E-state index contributed by atoms with van der Waals surface area (Å²) in [5.41, 5.74) is 1.02. The number of hydrogen-bond acceptors (Lipinski definition) is 6. The zero-order valence-corrected chi connectivity index (χ0v) is 17.6. The van der Waals surface area contributed by atoms with Crippen LogP contribution in [0.3, 0.4) is 0 Å². The van der Waals surface area contributed by atoms with Crippen molar-refractivity contribution >= 4 is 6.21 Å². The Bertz CT molecular complexity index is 681. The van der Waals surface area contributed by atoms with E-state index in [-0.39, 0.29) is 18.2 Å². The maximum Gasteiger partial charge on any atom is 0.255 e. The Hall–Kier alpha value is -2.37. The second kappa shape index (κ2) is 9.53. The van der Waals surface area contributed by atoms with Crippen LogP contribution in [-0.4, -0.2) is 44.5 Å². The van der Waals surface area contributed by atoms with Gasteiger partial charge >= 0.3 is 0 Å². The van der Waals surface area contributed by atoms with Gasteiger partial charge < -0.3 is 24.4 Å². The lowest BCUT2D eigenvalue weighted by atomic mass is 10.0. The van der Waals surface area contributed by atoms with Crippen LogP contribution < -0.4 is 14.8 Å². The van der Waals surface area contributed by atoms with Crippen LogP contribution >= 0.6 is 0 Å². The molecule has 0 saturated heterocycles. The van der Waals surface area contributed by atoms with E-state index in [0.29, 0.717) is 5.88 Å². The number of aliphatic imine (C=N–C) groups is 1. The Balaban J connectivity index is 2.31. The van der Waals surface area contributed by atoms with Gasteiger partial charge in [-0.05, 0) is 38.8 Å². The van der Waals surface area contributed by atoms with Gasteiger partial charge in [0.1, 0.15) is 17.6 Å². The molecule has 0 aliphatic carbocycles. The topological polar surface area (TPSA) is 55.3 Å². The molecule has 6 nitrogen and oxygen atoms in total. The lowest BCUT2D eigenvalue weighted by Crippen LogP contribution is -2.36. The van der Waals surface area contributed by atoms with Crippen molar-refractivity contribution in [3.63, 3.8) is 0 Å². The zero-order valence-electron chi connectivity index (χ0n) is 17.6. The van der Waals surface area contributed by atoms with Gasteiger partial charge in [-0.2, -0.15) is 0 Å². The molecule has 1 atom stereocenters. The van der Waals surface area contributed by atoms with Crippen LogP contribution in [0.2, 0.25) is 0 Å². The summed E-state index contributed by atoms with van der Waals surface area (Å²) in [6.45, 7) is 8.26. The van der Waals surface area contributed by atoms with E-state index in [4.69, 9.17) is 14.2 Å². The van der Waals surface area contributed by atoms with Crippen molar-refractivity contribution < 1.29 is 14.2 Å². The second-order valence-electron chi connectivity index (χ2n) is 6.86. The molecule has 1 aromatic carbocycles. The van der Waals surface area contributed by atoms with E-state index in [1.54, 1.807) is 7.11 Å². The van der Waals surface area contributed by atoms with Gasteiger partial charge in [-0.25, -0.2) is 4.99 Å². The first kappa shape index (κ1) is 20.9. The van der Waals surface area contributed by atoms with Crippen molar-refractivity contribution in [2.24, 2.45) is 4.99 Å². The molecular weight excluding hydrogens is 342 g/mol. The summed E-state index contributed by atoms with van der Waals surface area (Å²) < 4.78 is 17.5. The summed E-state index contributed by atoms with van der Waals surface area (Å²) in [4.78, 5) is 6.73. The number of rotatable bonds is 9. The van der Waals surface area contributed by atoms with Crippen LogP contribution in [-0.2, 0) is 4.74 Å². The number of ether oxygens (including phenoxy) is 3. The Kier molecular flexibility index (Phi) is 7.39. The van der Waals surface area contributed by atoms with Crippen molar-refractivity contribution in [2.45, 2.75) is 58.8 Å². The van der Waals surface area contributed by atoms with E-state index >= 15 is 0 Å². The highest BCUT2D eigenvalue weighted by atomic mass is 16.5. The Morgan fingerprint density at radius 3 is 2.44 bits per heavy atom. The molecule has 1 aromatic rings. The maximum absolute atomic E-state index is 6.09. The smallest absolute Gasteiger partial charge is 0.255 e. The van der Waals surface area contributed by atoms with Crippen LogP contribution in [0, 0.1) is 0 Å². The first-order chi connectivity index (χ1) is 12.9. The SMILES string of the molecule is CCC(CC)OC1=C(NC)N(C)C(c2ccc(OC(C)C)cc2OC)C=N1. The summed E-state index contributed by atoms with van der Waals surface area (Å²) in [6, 6.07) is 5.86. The number of benzene rings is 1. The van der Waals surface area contributed by atoms with Crippen LogP contribution in [0.25, 0.3) is 0 Å². The lowest BCUT2D eigenvalue weighted by molar-refractivity contribution is 0.0944. The standard InChI is InChI=1S/C21H33N3O3/c1-8-15(9-2)27-21-20(22-5)24(6)18(13-23-21)17-11-10-16(26-14(3)4)12-19(17)25-7/h10-15,18,22H,8-9H2,1-7H3. The summed E-state index contributed by atoms with van der Waals surface area (Å²) in [5, 5.41) is 3.23. The van der Waals surface area contributed by atoms with Gasteiger partial charge in [0.05, 0.1) is 19.3 Å². The number of hydrogen-bond donors (Lipinski definition) is 1. The van der Waals surface area contributed by atoms with Gasteiger partial charge in [0.15, 0.2) is 5.82 Å². The fourth-order valence-electron chi connectivity index (χ4n) is 3.14. The van der Waals surface area contributed by atoms with E-state index in [9.17, 15) is 0 Å². The normalized spacial score (nSPS) is 16.9. The van der Waals surface area contributed by atoms with E-state index in [1.807, 2.05) is 52.4 Å². The highest BCUT2D eigenvalue weighted by Gasteiger charge is 2.28. The molecular formula is C21H33N3O3. The first-order valence-corrected chi connectivity index (χ1v) is 9.65. The maximum atomic E-state index is 6.09. The molecule has 0 saturated carbocycles. The summed E-state index contributed by atoms with van der Waals surface area (Å²) in [5.74, 6) is 3.06. The Morgan fingerprint density at radius 2 is 1.89 bits per heavy atom. The minimum atomic E-state index is -0.0652. The van der Waals surface area contributed by atoms with Crippen molar-refractivity contribution in [3.8, 4) is 11.5 Å². The molecule has 0 radical (unpaired) electrons. The van der Waals surface area contributed by atoms with E-state index in [2.05, 4.69) is 29.1 Å². The van der Waals surface area contributed by atoms with Crippen molar-refractivity contribution in [2.75, 3.05) is 21.2 Å². The molecule has 0 spiro atoms. The quantitative estimate of drug-likeness (QED) is 0.704. The third kappa shape index (κ3) is 4.87. The molecule has 0 fully saturated rings. The van der Waals surface area contributed by atoms with Gasteiger partial charge in [-0.15, -0.1) is 0 Å². The van der Waals surface area contributed by atoms with Crippen LogP contribution in [0.1, 0.15) is 52.1 Å². The van der Waals surface area contributed by atoms with Gasteiger partial charge in [0.2, 0.25) is 0 Å². The summed E-state index contributed by atoms with van der Waals surface area (Å²) in [6.07, 6.45) is 4.07. The number of nitrogens with zero attached hydrogens (tertiary/aromatic N) is 2. The second-order valence-corrected chi connectivity index (χ2v) is 6.86. The molecule has 0 amide bonds. The third-order valence-electron chi connectivity index (χ3n) is 4.63. The zero-order chi connectivity index (χ0) is 20.0. The molecule has 27 heavy (non-hydrogen) atoms. The predicted octanol–water partition coefficient (Wildman–Crippen LogP) is 4.09. The highest BCUT2D eigenvalue weighted by Crippen LogP contribution is 2.35. The molecule has 1 unspecified atom stereocenters. The molecule has 0 bridgehead atoms. The summed E-state index contributed by atoms with van der Waals surface area (Å²) >= 11 is 0. The molecule has 1 N–H and O–H groups in total. The van der Waals surface area contributed by atoms with Gasteiger partial charge in [-0.1, -0.05) is 13.8 Å². The summed E-state index contributed by atoms with van der Waals surface area (Å²) in [7, 11) is 5.58. The molecule has 1 aliphatic rings. The minimum Gasteiger partial charge on any atom is -0.496 e. The van der Waals surface area contributed by atoms with E-state index in [1.165, 1.54) is 0 Å². The van der Waals surface area contributed by atoms with Crippen molar-refractivity contribution in [3.05, 3.63) is 35.5 Å². The fourth-order valence-corrected chi connectivity index (χ4v) is 3.14. The minimum absolute atomic E-state index is 0.0652. The Labute approximate surface area is 163 Å². The third-order valence-corrected chi connectivity index (χ3v) is 4.63. The highest BCUT2D eigenvalue weighted by molar-refractivity contribution is 5.72. The number of methoxy groups -OCH3 is 1. The van der Waals surface area contributed by atoms with Gasteiger partial charge in [0, 0.05) is 31.9 Å². The molecule has 150 valence electrons. The lowest BCUT2D eigenvalue weighted by Gasteiger charge is -2.34. The molecule has 0 aromatic heterocycles. The van der Waals surface area contributed by atoms with Crippen LogP contribution in [0.15, 0.2) is 34.9 Å². The monoisotopic (exact) mass is 375 g/mol. The van der Waals surface area contributed by atoms with Crippen LogP contribution in [0.5, 0.6) is 11.5 Å². The molecule has 1 heterocycles. The van der Waals surface area contributed by atoms with Crippen molar-refractivity contribution in [1.82, 2.24) is 10.2 Å². The largest absolute Gasteiger partial charge is 0.496 e. The van der Waals surface area contributed by atoms with E-state index < -0.39 is 0 Å². The average molecular weight is 376 g/mol. The Morgan fingerprint density at radius 1 is 1.19 bits per heavy atom. The van der Waals surface area contributed by atoms with E-state index in [0.717, 1.165) is 35.7 Å². The van der Waals surface area contributed by atoms with Gasteiger partial charge in [-0.3, -0.25) is 0 Å². The predicted molar refractivity (Wildman–Crippen MR) is 109 cm³/mol. The molecule has 6 heteroatoms. The van der Waals surface area contributed by atoms with Gasteiger partial charge in [0.25, 0.3) is 5.88 Å². The fraction of sp³-hybridized carbons (Fsp3) is 0.571.